The van der Waals surface area contributed by atoms with Gasteiger partial charge in [-0.2, -0.15) is 0 Å². The van der Waals surface area contributed by atoms with Gasteiger partial charge in [0.05, 0.1) is 12.7 Å². The number of hydrogen-bond donors (Lipinski definition) is 4. The van der Waals surface area contributed by atoms with Crippen LogP contribution in [0.3, 0.4) is 0 Å². The van der Waals surface area contributed by atoms with Crippen molar-refractivity contribution in [3.05, 3.63) is 0 Å². The molecule has 1 atom stereocenters. The molecule has 0 aromatic carbocycles. The van der Waals surface area contributed by atoms with Crippen molar-refractivity contribution in [1.29, 1.82) is 0 Å². The fraction of sp³-hybridized carbons (Fsp3) is 0.818. The third-order valence-corrected chi connectivity index (χ3v) is 2.09. The summed E-state index contributed by atoms with van der Waals surface area (Å²) in [6.07, 6.45) is 1.76. The highest BCUT2D eigenvalue weighted by Crippen LogP contribution is 1.93. The second-order valence-corrected chi connectivity index (χ2v) is 4.10. The summed E-state index contributed by atoms with van der Waals surface area (Å²) >= 11 is 0. The molecule has 2 amide bonds. The van der Waals surface area contributed by atoms with Crippen LogP contribution in [0.5, 0.6) is 0 Å². The maximum absolute atomic E-state index is 11.2. The van der Waals surface area contributed by atoms with E-state index in [1.165, 1.54) is 0 Å². The predicted molar refractivity (Wildman–Crippen MR) is 65.4 cm³/mol. The molecule has 0 rings (SSSR count). The van der Waals surface area contributed by atoms with Gasteiger partial charge in [0, 0.05) is 13.2 Å². The Bertz CT molecular complexity index is 258. The van der Waals surface area contributed by atoms with Crippen molar-refractivity contribution < 1.29 is 24.5 Å². The van der Waals surface area contributed by atoms with E-state index in [9.17, 15) is 9.59 Å². The van der Waals surface area contributed by atoms with Gasteiger partial charge in [-0.15, -0.1) is 0 Å². The Morgan fingerprint density at radius 1 is 1.28 bits per heavy atom. The van der Waals surface area contributed by atoms with Gasteiger partial charge in [0.15, 0.2) is 6.04 Å². The number of carbonyl (C=O) groups excluding carboxylic acids is 1. The SMILES string of the molecule is CC(C)OCCCCNC(=O)N[C@@H](CO)C(=O)O. The maximum atomic E-state index is 11.2. The first kappa shape index (κ1) is 16.7. The van der Waals surface area contributed by atoms with Gasteiger partial charge in [0.1, 0.15) is 0 Å². The number of unbranched alkanes of at least 4 members (excludes halogenated alkanes) is 1. The van der Waals surface area contributed by atoms with E-state index in [0.717, 1.165) is 12.8 Å². The lowest BCUT2D eigenvalue weighted by atomic mass is 10.3. The Labute approximate surface area is 107 Å². The number of ether oxygens (including phenoxy) is 1. The normalized spacial score (nSPS) is 12.2. The highest BCUT2D eigenvalue weighted by molar-refractivity contribution is 5.82. The molecular weight excluding hydrogens is 240 g/mol. The second-order valence-electron chi connectivity index (χ2n) is 4.10. The highest BCUT2D eigenvalue weighted by Gasteiger charge is 2.17. The molecule has 0 aliphatic heterocycles. The van der Waals surface area contributed by atoms with Crippen molar-refractivity contribution in [2.75, 3.05) is 19.8 Å². The molecule has 0 radical (unpaired) electrons. The topological polar surface area (TPSA) is 108 Å². The lowest BCUT2D eigenvalue weighted by Crippen LogP contribution is -2.48. The van der Waals surface area contributed by atoms with Crippen LogP contribution in [0.25, 0.3) is 0 Å². The van der Waals surface area contributed by atoms with Gasteiger partial charge >= 0.3 is 12.0 Å². The van der Waals surface area contributed by atoms with E-state index in [2.05, 4.69) is 10.6 Å². The number of aliphatic hydroxyl groups excluding tert-OH is 1. The molecule has 0 saturated carbocycles. The number of urea groups is 1. The van der Waals surface area contributed by atoms with Crippen LogP contribution in [0, 0.1) is 0 Å². The van der Waals surface area contributed by atoms with Crippen LogP contribution in [0.1, 0.15) is 26.7 Å². The molecule has 0 unspecified atom stereocenters. The average Bonchev–Trinajstić information content (AvgIpc) is 2.29. The summed E-state index contributed by atoms with van der Waals surface area (Å²) < 4.78 is 5.32. The van der Waals surface area contributed by atoms with Crippen LogP contribution in [-0.4, -0.2) is 54.1 Å². The average molecular weight is 262 g/mol. The van der Waals surface area contributed by atoms with Gasteiger partial charge in [-0.1, -0.05) is 0 Å². The van der Waals surface area contributed by atoms with Crippen molar-refractivity contribution in [3.63, 3.8) is 0 Å². The van der Waals surface area contributed by atoms with Crippen molar-refractivity contribution in [1.82, 2.24) is 10.6 Å². The van der Waals surface area contributed by atoms with Crippen LogP contribution < -0.4 is 10.6 Å². The zero-order valence-electron chi connectivity index (χ0n) is 10.8. The van der Waals surface area contributed by atoms with Crippen LogP contribution >= 0.6 is 0 Å². The number of carboxylic acid groups (broad SMARTS) is 1. The number of nitrogens with one attached hydrogen (secondary N) is 2. The quantitative estimate of drug-likeness (QED) is 0.435. The van der Waals surface area contributed by atoms with Crippen molar-refractivity contribution in [2.24, 2.45) is 0 Å². The van der Waals surface area contributed by atoms with Crippen LogP contribution in [0.2, 0.25) is 0 Å². The van der Waals surface area contributed by atoms with Crippen molar-refractivity contribution >= 4 is 12.0 Å². The standard InChI is InChI=1S/C11H22N2O5/c1-8(2)18-6-4-3-5-12-11(17)13-9(7-14)10(15)16/h8-9,14H,3-7H2,1-2H3,(H,15,16)(H2,12,13,17)/t9-/m0/s1. The summed E-state index contributed by atoms with van der Waals surface area (Å²) in [5, 5.41) is 22.0. The number of aliphatic carboxylic acids is 1. The fourth-order valence-electron chi connectivity index (χ4n) is 1.14. The van der Waals surface area contributed by atoms with E-state index >= 15 is 0 Å². The van der Waals surface area contributed by atoms with Gasteiger partial charge in [-0.05, 0) is 26.7 Å². The Hall–Kier alpha value is -1.34. The molecule has 4 N–H and O–H groups in total. The van der Waals surface area contributed by atoms with Crippen molar-refractivity contribution in [2.45, 2.75) is 38.8 Å². The molecule has 18 heavy (non-hydrogen) atoms. The molecule has 0 spiro atoms. The first-order valence-corrected chi connectivity index (χ1v) is 5.97. The van der Waals surface area contributed by atoms with E-state index < -0.39 is 24.6 Å². The smallest absolute Gasteiger partial charge is 0.328 e. The minimum absolute atomic E-state index is 0.196. The monoisotopic (exact) mass is 262 g/mol. The number of carbonyl (C=O) groups is 2. The maximum Gasteiger partial charge on any atom is 0.328 e. The Balaban J connectivity index is 3.56. The molecule has 0 bridgehead atoms. The largest absolute Gasteiger partial charge is 0.480 e. The number of amides is 2. The first-order chi connectivity index (χ1) is 8.47. The molecule has 0 saturated heterocycles. The number of aliphatic hydroxyl groups is 1. The molecule has 0 aromatic rings. The lowest BCUT2D eigenvalue weighted by molar-refractivity contribution is -0.140. The Morgan fingerprint density at radius 3 is 2.44 bits per heavy atom. The Morgan fingerprint density at radius 2 is 1.94 bits per heavy atom. The molecule has 7 heteroatoms. The summed E-state index contributed by atoms with van der Waals surface area (Å²) in [5.74, 6) is -1.27. The molecule has 0 aliphatic rings. The third-order valence-electron chi connectivity index (χ3n) is 2.09. The molecular formula is C11H22N2O5. The summed E-state index contributed by atoms with van der Waals surface area (Å²) in [5.41, 5.74) is 0. The summed E-state index contributed by atoms with van der Waals surface area (Å²) in [4.78, 5) is 21.8. The Kier molecular flexibility index (Phi) is 8.95. The molecule has 7 nitrogen and oxygen atoms in total. The second kappa shape index (κ2) is 9.67. The van der Waals surface area contributed by atoms with E-state index in [4.69, 9.17) is 14.9 Å². The van der Waals surface area contributed by atoms with Crippen LogP contribution in [0.15, 0.2) is 0 Å². The third kappa shape index (κ3) is 8.77. The number of rotatable bonds is 9. The van der Waals surface area contributed by atoms with Crippen molar-refractivity contribution in [3.8, 4) is 0 Å². The van der Waals surface area contributed by atoms with Gasteiger partial charge in [0.25, 0.3) is 0 Å². The predicted octanol–water partition coefficient (Wildman–Crippen LogP) is -0.0637. The first-order valence-electron chi connectivity index (χ1n) is 5.97. The number of hydrogen-bond acceptors (Lipinski definition) is 4. The van der Waals surface area contributed by atoms with E-state index in [0.29, 0.717) is 13.2 Å². The van der Waals surface area contributed by atoms with Gasteiger partial charge < -0.3 is 25.6 Å². The van der Waals surface area contributed by atoms with Crippen LogP contribution in [-0.2, 0) is 9.53 Å². The van der Waals surface area contributed by atoms with E-state index in [-0.39, 0.29) is 6.10 Å². The van der Waals surface area contributed by atoms with E-state index in [1.807, 2.05) is 13.8 Å². The summed E-state index contributed by atoms with van der Waals surface area (Å²) in [6.45, 7) is 4.34. The van der Waals surface area contributed by atoms with Crippen LogP contribution in [0.4, 0.5) is 4.79 Å². The van der Waals surface area contributed by atoms with Gasteiger partial charge in [-0.3, -0.25) is 0 Å². The number of carboxylic acids is 1. The van der Waals surface area contributed by atoms with Gasteiger partial charge in [-0.25, -0.2) is 9.59 Å². The summed E-state index contributed by atoms with van der Waals surface area (Å²) in [6, 6.07) is -1.87. The lowest BCUT2D eigenvalue weighted by Gasteiger charge is -2.12. The van der Waals surface area contributed by atoms with E-state index in [1.54, 1.807) is 0 Å². The molecule has 0 aliphatic carbocycles. The molecule has 0 heterocycles. The highest BCUT2D eigenvalue weighted by atomic mass is 16.5. The van der Waals surface area contributed by atoms with Gasteiger partial charge in [0.2, 0.25) is 0 Å². The zero-order chi connectivity index (χ0) is 14.0. The molecule has 0 fully saturated rings. The minimum atomic E-state index is -1.27. The fourth-order valence-corrected chi connectivity index (χ4v) is 1.14. The summed E-state index contributed by atoms with van der Waals surface area (Å²) in [7, 11) is 0. The molecule has 0 aromatic heterocycles. The minimum Gasteiger partial charge on any atom is -0.480 e. The zero-order valence-corrected chi connectivity index (χ0v) is 10.8. The molecule has 106 valence electrons.